The highest BCUT2D eigenvalue weighted by Crippen LogP contribution is 2.43. The number of nitrogens with one attached hydrogen (secondary N) is 1. The number of nitrogens with two attached hydrogens (primary N) is 1. The van der Waals surface area contributed by atoms with E-state index in [9.17, 15) is 4.79 Å². The van der Waals surface area contributed by atoms with Crippen molar-refractivity contribution in [1.29, 1.82) is 0 Å². The van der Waals surface area contributed by atoms with Crippen LogP contribution in [0.2, 0.25) is 0 Å². The second-order valence-electron chi connectivity index (χ2n) is 7.16. The number of hydrogen-bond acceptors (Lipinski definition) is 3. The van der Waals surface area contributed by atoms with Crippen LogP contribution in [0.1, 0.15) is 52.0 Å². The highest BCUT2D eigenvalue weighted by Gasteiger charge is 2.43. The maximum Gasteiger partial charge on any atom is 0.407 e. The molecular formula is C18H28N2O2. The maximum atomic E-state index is 12.2. The van der Waals surface area contributed by atoms with E-state index in [2.05, 4.69) is 29.6 Å². The number of benzene rings is 1. The summed E-state index contributed by atoms with van der Waals surface area (Å²) >= 11 is 0. The lowest BCUT2D eigenvalue weighted by molar-refractivity contribution is 0.0478. The molecule has 1 aliphatic carbocycles. The van der Waals surface area contributed by atoms with Gasteiger partial charge in [0.2, 0.25) is 0 Å². The zero-order valence-electron chi connectivity index (χ0n) is 13.9. The summed E-state index contributed by atoms with van der Waals surface area (Å²) in [5, 5.41) is 3.02. The molecule has 1 aromatic carbocycles. The molecule has 0 spiro atoms. The second kappa shape index (κ2) is 6.69. The van der Waals surface area contributed by atoms with E-state index in [0.717, 1.165) is 12.8 Å². The first kappa shape index (κ1) is 16.8. The van der Waals surface area contributed by atoms with Gasteiger partial charge in [-0.05, 0) is 39.2 Å². The Kier molecular flexibility index (Phi) is 5.12. The third kappa shape index (κ3) is 3.80. The number of alkyl carbamates (subject to hydrolysis) is 1. The van der Waals surface area contributed by atoms with Gasteiger partial charge < -0.3 is 15.8 Å². The van der Waals surface area contributed by atoms with Crippen LogP contribution in [0.4, 0.5) is 4.79 Å². The number of carbonyl (C=O) groups is 1. The van der Waals surface area contributed by atoms with Crippen LogP contribution in [-0.2, 0) is 10.2 Å². The van der Waals surface area contributed by atoms with Crippen LogP contribution in [-0.4, -0.2) is 24.3 Å². The molecule has 1 aliphatic rings. The summed E-state index contributed by atoms with van der Waals surface area (Å²) < 4.78 is 5.40. The molecule has 0 saturated heterocycles. The molecule has 0 aliphatic heterocycles. The van der Waals surface area contributed by atoms with Gasteiger partial charge in [-0.25, -0.2) is 4.79 Å². The van der Waals surface area contributed by atoms with Crippen LogP contribution in [0, 0.1) is 0 Å². The lowest BCUT2D eigenvalue weighted by Gasteiger charge is -2.38. The number of amides is 1. The van der Waals surface area contributed by atoms with Crippen molar-refractivity contribution in [3.05, 3.63) is 35.9 Å². The molecule has 2 rings (SSSR count). The first-order valence-electron chi connectivity index (χ1n) is 8.12. The molecule has 0 heterocycles. The smallest absolute Gasteiger partial charge is 0.407 e. The van der Waals surface area contributed by atoms with E-state index < -0.39 is 5.60 Å². The van der Waals surface area contributed by atoms with Crippen molar-refractivity contribution in [3.63, 3.8) is 0 Å². The first-order chi connectivity index (χ1) is 10.4. The summed E-state index contributed by atoms with van der Waals surface area (Å²) in [6.07, 6.45) is 4.05. The fourth-order valence-corrected chi connectivity index (χ4v) is 3.49. The Balaban J connectivity index is 2.21. The second-order valence-corrected chi connectivity index (χ2v) is 7.16. The van der Waals surface area contributed by atoms with Gasteiger partial charge in [0.05, 0.1) is 6.04 Å². The van der Waals surface area contributed by atoms with Gasteiger partial charge in [0.25, 0.3) is 0 Å². The molecule has 0 aromatic heterocycles. The number of ether oxygens (including phenoxy) is 1. The molecule has 1 aromatic rings. The maximum absolute atomic E-state index is 12.2. The van der Waals surface area contributed by atoms with E-state index in [1.165, 1.54) is 18.4 Å². The number of carbonyl (C=O) groups excluding carboxylic acids is 1. The molecule has 1 atom stereocenters. The Morgan fingerprint density at radius 2 is 1.86 bits per heavy atom. The highest BCUT2D eigenvalue weighted by atomic mass is 16.6. The van der Waals surface area contributed by atoms with E-state index in [4.69, 9.17) is 10.5 Å². The molecule has 3 N–H and O–H groups in total. The minimum Gasteiger partial charge on any atom is -0.444 e. The van der Waals surface area contributed by atoms with Gasteiger partial charge >= 0.3 is 6.09 Å². The summed E-state index contributed by atoms with van der Waals surface area (Å²) in [5.74, 6) is 0. The SMILES string of the molecule is CC(C)(C)OC(=O)NC(CN)C1(c2ccccc2)CCCC1. The van der Waals surface area contributed by atoms with E-state index in [1.54, 1.807) is 0 Å². The minimum absolute atomic E-state index is 0.0765. The molecule has 1 amide bonds. The average molecular weight is 304 g/mol. The van der Waals surface area contributed by atoms with Crippen molar-refractivity contribution >= 4 is 6.09 Å². The molecule has 4 nitrogen and oxygen atoms in total. The van der Waals surface area contributed by atoms with Crippen LogP contribution in [0.3, 0.4) is 0 Å². The number of rotatable bonds is 4. The van der Waals surface area contributed by atoms with Crippen LogP contribution in [0.25, 0.3) is 0 Å². The monoisotopic (exact) mass is 304 g/mol. The van der Waals surface area contributed by atoms with Crippen molar-refractivity contribution < 1.29 is 9.53 Å². The van der Waals surface area contributed by atoms with Gasteiger partial charge in [0.15, 0.2) is 0 Å². The van der Waals surface area contributed by atoms with Crippen LogP contribution in [0.15, 0.2) is 30.3 Å². The molecule has 0 bridgehead atoms. The fraction of sp³-hybridized carbons (Fsp3) is 0.611. The average Bonchev–Trinajstić information content (AvgIpc) is 2.94. The summed E-state index contributed by atoms with van der Waals surface area (Å²) in [6.45, 7) is 6.01. The Bertz CT molecular complexity index is 488. The normalized spacial score (nSPS) is 18.7. The van der Waals surface area contributed by atoms with Crippen molar-refractivity contribution in [2.75, 3.05) is 6.54 Å². The van der Waals surface area contributed by atoms with Crippen LogP contribution < -0.4 is 11.1 Å². The molecular weight excluding hydrogens is 276 g/mol. The molecule has 22 heavy (non-hydrogen) atoms. The van der Waals surface area contributed by atoms with Crippen molar-refractivity contribution in [2.45, 2.75) is 63.5 Å². The Labute approximate surface area is 133 Å². The largest absolute Gasteiger partial charge is 0.444 e. The Hall–Kier alpha value is -1.55. The van der Waals surface area contributed by atoms with E-state index in [1.807, 2.05) is 26.8 Å². The predicted molar refractivity (Wildman–Crippen MR) is 88.8 cm³/mol. The Morgan fingerprint density at radius 1 is 1.27 bits per heavy atom. The van der Waals surface area contributed by atoms with E-state index in [0.29, 0.717) is 6.54 Å². The molecule has 1 unspecified atom stereocenters. The van der Waals surface area contributed by atoms with Gasteiger partial charge in [-0.3, -0.25) is 0 Å². The number of hydrogen-bond donors (Lipinski definition) is 2. The van der Waals surface area contributed by atoms with Crippen molar-refractivity contribution in [1.82, 2.24) is 5.32 Å². The van der Waals surface area contributed by atoms with Gasteiger partial charge in [-0.15, -0.1) is 0 Å². The van der Waals surface area contributed by atoms with Crippen molar-refractivity contribution in [2.24, 2.45) is 5.73 Å². The summed E-state index contributed by atoms with van der Waals surface area (Å²) in [4.78, 5) is 12.2. The fourth-order valence-electron chi connectivity index (χ4n) is 3.49. The third-order valence-corrected chi connectivity index (χ3v) is 4.44. The van der Waals surface area contributed by atoms with Crippen molar-refractivity contribution in [3.8, 4) is 0 Å². The molecule has 4 heteroatoms. The van der Waals surface area contributed by atoms with Gasteiger partial charge in [-0.1, -0.05) is 43.2 Å². The summed E-state index contributed by atoms with van der Waals surface area (Å²) in [5.41, 5.74) is 6.70. The van der Waals surface area contributed by atoms with Gasteiger partial charge in [0.1, 0.15) is 5.60 Å². The lowest BCUT2D eigenvalue weighted by Crippen LogP contribution is -2.54. The van der Waals surface area contributed by atoms with Gasteiger partial charge in [0, 0.05) is 12.0 Å². The molecule has 0 radical (unpaired) electrons. The highest BCUT2D eigenvalue weighted by molar-refractivity contribution is 5.68. The van der Waals surface area contributed by atoms with Gasteiger partial charge in [-0.2, -0.15) is 0 Å². The first-order valence-corrected chi connectivity index (χ1v) is 8.12. The summed E-state index contributed by atoms with van der Waals surface area (Å²) in [7, 11) is 0. The molecule has 1 saturated carbocycles. The van der Waals surface area contributed by atoms with E-state index >= 15 is 0 Å². The quantitative estimate of drug-likeness (QED) is 0.896. The third-order valence-electron chi connectivity index (χ3n) is 4.44. The standard InChI is InChI=1S/C18H28N2O2/c1-17(2,3)22-16(21)20-15(13-19)18(11-7-8-12-18)14-9-5-4-6-10-14/h4-6,9-10,15H,7-8,11-13,19H2,1-3H3,(H,20,21). The van der Waals surface area contributed by atoms with E-state index in [-0.39, 0.29) is 17.6 Å². The van der Waals surface area contributed by atoms with Crippen LogP contribution in [0.5, 0.6) is 0 Å². The summed E-state index contributed by atoms with van der Waals surface area (Å²) in [6, 6.07) is 10.3. The lowest BCUT2D eigenvalue weighted by atomic mass is 9.72. The molecule has 1 fully saturated rings. The predicted octanol–water partition coefficient (Wildman–Crippen LogP) is 3.35. The topological polar surface area (TPSA) is 64.3 Å². The zero-order chi connectivity index (χ0) is 16.2. The minimum atomic E-state index is -0.501. The molecule has 122 valence electrons. The van der Waals surface area contributed by atoms with Crippen LogP contribution >= 0.6 is 0 Å². The zero-order valence-corrected chi connectivity index (χ0v) is 13.9. The Morgan fingerprint density at radius 3 is 2.36 bits per heavy atom.